The lowest BCUT2D eigenvalue weighted by atomic mass is 9.92. The van der Waals surface area contributed by atoms with Gasteiger partial charge in [0.05, 0.1) is 18.8 Å². The Labute approximate surface area is 289 Å². The molecule has 2 fully saturated rings. The number of ketones is 1. The van der Waals surface area contributed by atoms with Crippen LogP contribution in [0.3, 0.4) is 0 Å². The summed E-state index contributed by atoms with van der Waals surface area (Å²) in [7, 11) is 0. The summed E-state index contributed by atoms with van der Waals surface area (Å²) < 4.78 is 15.1. The van der Waals surface area contributed by atoms with Gasteiger partial charge in [-0.2, -0.15) is 0 Å². The Bertz CT molecular complexity index is 1500. The van der Waals surface area contributed by atoms with Crippen molar-refractivity contribution >= 4 is 47.1 Å². The van der Waals surface area contributed by atoms with Gasteiger partial charge in [0.2, 0.25) is 17.7 Å². The molecule has 1 aliphatic carbocycles. The number of aromatic nitrogens is 2. The number of carbonyl (C=O) groups excluding carboxylic acids is 6. The molecular weight excluding hydrogens is 653 g/mol. The second-order valence-corrected chi connectivity index (χ2v) is 13.9. The number of halogens is 1. The molecular formula is C34H44FN7O6S. The second kappa shape index (κ2) is 17.3. The molecule has 264 valence electrons. The normalized spacial score (nSPS) is 21.6. The molecule has 1 aliphatic heterocycles. The molecule has 3 unspecified atom stereocenters. The van der Waals surface area contributed by atoms with E-state index >= 15 is 4.39 Å². The summed E-state index contributed by atoms with van der Waals surface area (Å²) in [5, 5.41) is 9.27. The second-order valence-electron chi connectivity index (χ2n) is 12.6. The van der Waals surface area contributed by atoms with Crippen molar-refractivity contribution in [3.8, 4) is 0 Å². The van der Waals surface area contributed by atoms with Crippen LogP contribution in [0.25, 0.3) is 0 Å². The molecule has 5 amide bonds. The predicted molar refractivity (Wildman–Crippen MR) is 180 cm³/mol. The summed E-state index contributed by atoms with van der Waals surface area (Å²) >= 11 is 1.11. The van der Waals surface area contributed by atoms with E-state index in [9.17, 15) is 28.8 Å². The van der Waals surface area contributed by atoms with Gasteiger partial charge in [-0.1, -0.05) is 51.1 Å². The van der Waals surface area contributed by atoms with E-state index < -0.39 is 89.3 Å². The fourth-order valence-electron chi connectivity index (χ4n) is 6.25. The van der Waals surface area contributed by atoms with Crippen LogP contribution in [-0.2, 0) is 24.0 Å². The van der Waals surface area contributed by atoms with Crippen molar-refractivity contribution in [2.45, 2.75) is 76.6 Å². The highest BCUT2D eigenvalue weighted by Gasteiger charge is 2.54. The van der Waals surface area contributed by atoms with E-state index in [0.29, 0.717) is 18.6 Å². The predicted octanol–water partition coefficient (Wildman–Crippen LogP) is 1.95. The number of hydrogen-bond donors (Lipinski definition) is 4. The maximum atomic E-state index is 15.1. The minimum Gasteiger partial charge on any atom is -0.343 e. The van der Waals surface area contributed by atoms with Gasteiger partial charge in [0.1, 0.15) is 29.3 Å². The maximum Gasteiger partial charge on any atom is 0.291 e. The van der Waals surface area contributed by atoms with Crippen LogP contribution >= 0.6 is 11.8 Å². The minimum absolute atomic E-state index is 0.0158. The van der Waals surface area contributed by atoms with Crippen molar-refractivity contribution in [3.63, 3.8) is 0 Å². The molecule has 4 rings (SSSR count). The van der Waals surface area contributed by atoms with Crippen LogP contribution in [0.2, 0.25) is 0 Å². The third-order valence-corrected chi connectivity index (χ3v) is 10.1. The quantitative estimate of drug-likeness (QED) is 0.160. The smallest absolute Gasteiger partial charge is 0.291 e. The largest absolute Gasteiger partial charge is 0.343 e. The van der Waals surface area contributed by atoms with Crippen LogP contribution in [-0.4, -0.2) is 92.7 Å². The molecule has 1 aromatic heterocycles. The number of nitrogens with zero attached hydrogens (tertiary/aromatic N) is 3. The first-order valence-electron chi connectivity index (χ1n) is 16.5. The van der Waals surface area contributed by atoms with Crippen molar-refractivity contribution in [1.82, 2.24) is 36.1 Å². The molecule has 1 saturated heterocycles. The first kappa shape index (κ1) is 37.4. The van der Waals surface area contributed by atoms with Crippen LogP contribution in [0, 0.1) is 17.8 Å². The topological polar surface area (TPSA) is 180 Å². The van der Waals surface area contributed by atoms with Crippen molar-refractivity contribution in [2.24, 2.45) is 17.8 Å². The number of alkyl halides is 1. The van der Waals surface area contributed by atoms with E-state index in [4.69, 9.17) is 0 Å². The van der Waals surface area contributed by atoms with Crippen LogP contribution in [0.4, 0.5) is 4.39 Å². The number of amides is 5. The van der Waals surface area contributed by atoms with E-state index in [-0.39, 0.29) is 18.7 Å². The van der Waals surface area contributed by atoms with Crippen molar-refractivity contribution < 1.29 is 33.2 Å². The van der Waals surface area contributed by atoms with Crippen molar-refractivity contribution in [2.75, 3.05) is 18.8 Å². The molecule has 2 heterocycles. The van der Waals surface area contributed by atoms with Gasteiger partial charge in [0.25, 0.3) is 17.6 Å². The average Bonchev–Trinajstić information content (AvgIpc) is 3.67. The van der Waals surface area contributed by atoms with Gasteiger partial charge in [-0.05, 0) is 49.3 Å². The van der Waals surface area contributed by atoms with Crippen molar-refractivity contribution in [1.29, 1.82) is 0 Å². The zero-order chi connectivity index (χ0) is 35.7. The number of fused-ring (bicyclic) bond motifs is 1. The third kappa shape index (κ3) is 9.40. The lowest BCUT2D eigenvalue weighted by Gasteiger charge is -2.33. The number of Topliss-reactive ketones (excluding diaryl/α,β-unsaturated/α-hetero) is 1. The lowest BCUT2D eigenvalue weighted by molar-refractivity contribution is -0.144. The molecule has 2 aromatic rings. The zero-order valence-electron chi connectivity index (χ0n) is 28.1. The fourth-order valence-corrected chi connectivity index (χ4v) is 7.18. The Morgan fingerprint density at radius 1 is 0.980 bits per heavy atom. The number of rotatable bonds is 15. The fraction of sp³-hybridized carbons (Fsp3) is 0.529. The van der Waals surface area contributed by atoms with E-state index in [1.54, 1.807) is 20.8 Å². The molecule has 0 bridgehead atoms. The Hall–Kier alpha value is -4.40. The first-order chi connectivity index (χ1) is 23.4. The minimum atomic E-state index is -1.23. The van der Waals surface area contributed by atoms with Gasteiger partial charge >= 0.3 is 0 Å². The molecule has 1 aromatic carbocycles. The highest BCUT2D eigenvalue weighted by atomic mass is 32.2. The summed E-state index contributed by atoms with van der Waals surface area (Å²) in [5.74, 6) is -5.27. The number of thioether (sulfide) groups is 1. The number of benzene rings is 1. The summed E-state index contributed by atoms with van der Waals surface area (Å²) in [5.41, 5.74) is 0.820. The molecule has 49 heavy (non-hydrogen) atoms. The molecule has 13 nitrogen and oxygen atoms in total. The molecule has 2 aliphatic rings. The molecule has 0 spiro atoms. The van der Waals surface area contributed by atoms with Gasteiger partial charge in [-0.25, -0.2) is 9.37 Å². The van der Waals surface area contributed by atoms with Gasteiger partial charge in [-0.15, -0.1) is 11.8 Å². The molecule has 7 atom stereocenters. The first-order valence-corrected chi connectivity index (χ1v) is 17.6. The summed E-state index contributed by atoms with van der Waals surface area (Å²) in [6.07, 6.45) is 4.03. The number of nitrogens with one attached hydrogen (secondary N) is 4. The molecule has 1 saturated carbocycles. The summed E-state index contributed by atoms with van der Waals surface area (Å²) in [6.45, 7) is 6.60. The Balaban J connectivity index is 1.48. The number of carbonyl (C=O) groups is 6. The zero-order valence-corrected chi connectivity index (χ0v) is 28.9. The number of likely N-dealkylation sites (tertiary alicyclic amines) is 1. The molecule has 15 heteroatoms. The van der Waals surface area contributed by atoms with E-state index in [1.165, 1.54) is 23.5 Å². The maximum absolute atomic E-state index is 15.1. The van der Waals surface area contributed by atoms with Gasteiger partial charge < -0.3 is 26.2 Å². The highest BCUT2D eigenvalue weighted by Crippen LogP contribution is 2.44. The Morgan fingerprint density at radius 3 is 2.37 bits per heavy atom. The Morgan fingerprint density at radius 2 is 1.71 bits per heavy atom. The average molecular weight is 698 g/mol. The van der Waals surface area contributed by atoms with E-state index in [2.05, 4.69) is 31.2 Å². The van der Waals surface area contributed by atoms with Crippen molar-refractivity contribution in [3.05, 3.63) is 60.2 Å². The Kier molecular flexibility index (Phi) is 13.2. The van der Waals surface area contributed by atoms with Crippen LogP contribution in [0.5, 0.6) is 0 Å². The van der Waals surface area contributed by atoms with Gasteiger partial charge in [0, 0.05) is 24.9 Å². The van der Waals surface area contributed by atoms with Crippen LogP contribution in [0.15, 0.2) is 48.9 Å². The SMILES string of the molecule is CCCSC(NC(=O)C1[C@H]2CC[C@H](F)[C@H]2CN1C(=O)C(NC(=O)CNC(=O)c1cnccn1)C(C)C)C(=O)C(=O)N[C@@H](C)c1ccccc1. The lowest BCUT2D eigenvalue weighted by Crippen LogP contribution is -2.58. The monoisotopic (exact) mass is 697 g/mol. The van der Waals surface area contributed by atoms with Gasteiger partial charge in [0.15, 0.2) is 0 Å². The highest BCUT2D eigenvalue weighted by molar-refractivity contribution is 8.00. The summed E-state index contributed by atoms with van der Waals surface area (Å²) in [6, 6.07) is 6.46. The molecule has 4 N–H and O–H groups in total. The third-order valence-electron chi connectivity index (χ3n) is 8.82. The van der Waals surface area contributed by atoms with E-state index in [0.717, 1.165) is 17.3 Å². The van der Waals surface area contributed by atoms with E-state index in [1.807, 2.05) is 37.3 Å². The number of hydrogen-bond acceptors (Lipinski definition) is 9. The molecule has 0 radical (unpaired) electrons. The van der Waals surface area contributed by atoms with Crippen LogP contribution < -0.4 is 21.3 Å². The standard InChI is InChI=1S/C34H44FN7O6S/c1-5-15-49-33(29(44)32(47)39-20(4)21-9-7-6-8-10-21)41-31(46)28-22-11-12-24(35)23(22)18-42(28)34(48)27(19(2)3)40-26(43)17-38-30(45)25-16-36-13-14-37-25/h6-10,13-14,16,19-20,22-24,27-28,33H,5,11-12,15,17-18H2,1-4H3,(H,38,45)(H,39,47)(H,40,43)(H,41,46)/t20-,22-,23-,24-,27?,28?,33?/m0/s1. The summed E-state index contributed by atoms with van der Waals surface area (Å²) in [4.78, 5) is 88.8. The van der Waals surface area contributed by atoms with Crippen LogP contribution in [0.1, 0.15) is 69.1 Å². The van der Waals surface area contributed by atoms with Gasteiger partial charge in [-0.3, -0.25) is 33.8 Å².